The molecule has 2 rings (SSSR count). The highest BCUT2D eigenvalue weighted by atomic mass is 35.5. The standard InChI is InChI=1S/C16H11ClF3NO3/c17-12-5-1-3-10(7-12)15(23)24-9-14(22)21-13-6-2-4-11(8-13)16(18,19)20/h1-8H,9H2,(H,21,22). The highest BCUT2D eigenvalue weighted by Gasteiger charge is 2.30. The Bertz CT molecular complexity index is 762. The van der Waals surface area contributed by atoms with Crippen LogP contribution in [0.2, 0.25) is 5.02 Å². The predicted octanol–water partition coefficient (Wildman–Crippen LogP) is 4.15. The molecule has 2 aromatic carbocycles. The number of hydrogen-bond donors (Lipinski definition) is 1. The fourth-order valence-corrected chi connectivity index (χ4v) is 1.99. The number of anilines is 1. The van der Waals surface area contributed by atoms with Gasteiger partial charge in [-0.05, 0) is 36.4 Å². The van der Waals surface area contributed by atoms with E-state index in [-0.39, 0.29) is 11.3 Å². The lowest BCUT2D eigenvalue weighted by molar-refractivity contribution is -0.137. The van der Waals surface area contributed by atoms with Crippen molar-refractivity contribution in [1.82, 2.24) is 0 Å². The van der Waals surface area contributed by atoms with Crippen molar-refractivity contribution < 1.29 is 27.5 Å². The van der Waals surface area contributed by atoms with Crippen LogP contribution in [0.4, 0.5) is 18.9 Å². The first-order valence-corrected chi connectivity index (χ1v) is 7.03. The average Bonchev–Trinajstić information content (AvgIpc) is 2.52. The average molecular weight is 358 g/mol. The van der Waals surface area contributed by atoms with Gasteiger partial charge in [-0.3, -0.25) is 4.79 Å². The van der Waals surface area contributed by atoms with Gasteiger partial charge in [0.05, 0.1) is 11.1 Å². The monoisotopic (exact) mass is 357 g/mol. The molecule has 0 saturated heterocycles. The van der Waals surface area contributed by atoms with E-state index in [0.717, 1.165) is 18.2 Å². The molecule has 1 N–H and O–H groups in total. The molecule has 0 aliphatic rings. The van der Waals surface area contributed by atoms with E-state index in [9.17, 15) is 22.8 Å². The van der Waals surface area contributed by atoms with E-state index in [0.29, 0.717) is 5.02 Å². The number of rotatable bonds is 4. The number of alkyl halides is 3. The van der Waals surface area contributed by atoms with Gasteiger partial charge in [-0.25, -0.2) is 4.79 Å². The van der Waals surface area contributed by atoms with Crippen molar-refractivity contribution in [2.75, 3.05) is 11.9 Å². The molecule has 2 aromatic rings. The molecule has 4 nitrogen and oxygen atoms in total. The number of ether oxygens (including phenoxy) is 1. The van der Waals surface area contributed by atoms with Crippen molar-refractivity contribution in [2.45, 2.75) is 6.18 Å². The van der Waals surface area contributed by atoms with Crippen LogP contribution in [-0.4, -0.2) is 18.5 Å². The van der Waals surface area contributed by atoms with Crippen LogP contribution >= 0.6 is 11.6 Å². The minimum Gasteiger partial charge on any atom is -0.452 e. The summed E-state index contributed by atoms with van der Waals surface area (Å²) in [5.74, 6) is -1.53. The molecule has 0 unspecified atom stereocenters. The summed E-state index contributed by atoms with van der Waals surface area (Å²) in [7, 11) is 0. The highest BCUT2D eigenvalue weighted by Crippen LogP contribution is 2.30. The Hall–Kier alpha value is -2.54. The fraction of sp³-hybridized carbons (Fsp3) is 0.125. The molecule has 0 radical (unpaired) electrons. The second-order valence-electron chi connectivity index (χ2n) is 4.71. The number of carbonyl (C=O) groups excluding carboxylic acids is 2. The second kappa shape index (κ2) is 7.35. The minimum absolute atomic E-state index is 0.0476. The van der Waals surface area contributed by atoms with Crippen LogP contribution < -0.4 is 5.32 Å². The molecule has 24 heavy (non-hydrogen) atoms. The van der Waals surface area contributed by atoms with Crippen molar-refractivity contribution in [3.05, 3.63) is 64.7 Å². The smallest absolute Gasteiger partial charge is 0.416 e. The molecule has 0 aliphatic heterocycles. The number of esters is 1. The van der Waals surface area contributed by atoms with E-state index < -0.39 is 30.2 Å². The third-order valence-corrected chi connectivity index (χ3v) is 3.10. The molecule has 0 heterocycles. The van der Waals surface area contributed by atoms with Gasteiger partial charge in [0, 0.05) is 10.7 Å². The molecule has 0 aromatic heterocycles. The molecular formula is C16H11ClF3NO3. The zero-order valence-corrected chi connectivity index (χ0v) is 12.8. The Kier molecular flexibility index (Phi) is 5.46. The molecule has 0 spiro atoms. The summed E-state index contributed by atoms with van der Waals surface area (Å²) < 4.78 is 42.5. The lowest BCUT2D eigenvalue weighted by Gasteiger charge is -2.10. The van der Waals surface area contributed by atoms with Gasteiger partial charge in [-0.15, -0.1) is 0 Å². The Balaban J connectivity index is 1.93. The molecule has 0 aliphatic carbocycles. The van der Waals surface area contributed by atoms with E-state index in [2.05, 4.69) is 5.32 Å². The summed E-state index contributed by atoms with van der Waals surface area (Å²) in [5.41, 5.74) is -0.778. The van der Waals surface area contributed by atoms with Gasteiger partial charge in [0.25, 0.3) is 5.91 Å². The lowest BCUT2D eigenvalue weighted by Crippen LogP contribution is -2.21. The van der Waals surface area contributed by atoms with Crippen LogP contribution in [0.3, 0.4) is 0 Å². The van der Waals surface area contributed by atoms with Gasteiger partial charge in [0.15, 0.2) is 6.61 Å². The van der Waals surface area contributed by atoms with E-state index in [4.69, 9.17) is 16.3 Å². The van der Waals surface area contributed by atoms with Crippen LogP contribution in [0.15, 0.2) is 48.5 Å². The fourth-order valence-electron chi connectivity index (χ4n) is 1.80. The van der Waals surface area contributed by atoms with Crippen LogP contribution in [0.25, 0.3) is 0 Å². The Morgan fingerprint density at radius 2 is 1.79 bits per heavy atom. The molecular weight excluding hydrogens is 347 g/mol. The van der Waals surface area contributed by atoms with Gasteiger partial charge in [0.1, 0.15) is 0 Å². The number of halogens is 4. The van der Waals surface area contributed by atoms with E-state index in [1.807, 2.05) is 0 Å². The van der Waals surface area contributed by atoms with Gasteiger partial charge in [0.2, 0.25) is 0 Å². The molecule has 8 heteroatoms. The van der Waals surface area contributed by atoms with Crippen molar-refractivity contribution in [2.24, 2.45) is 0 Å². The van der Waals surface area contributed by atoms with Crippen molar-refractivity contribution in [1.29, 1.82) is 0 Å². The Labute approximate surface area is 140 Å². The summed E-state index contributed by atoms with van der Waals surface area (Å²) in [6.07, 6.45) is -4.51. The van der Waals surface area contributed by atoms with Crippen LogP contribution in [-0.2, 0) is 15.7 Å². The van der Waals surface area contributed by atoms with Crippen molar-refractivity contribution >= 4 is 29.2 Å². The quantitative estimate of drug-likeness (QED) is 0.836. The zero-order valence-electron chi connectivity index (χ0n) is 12.1. The van der Waals surface area contributed by atoms with Gasteiger partial charge >= 0.3 is 12.1 Å². The van der Waals surface area contributed by atoms with Crippen molar-refractivity contribution in [3.8, 4) is 0 Å². The van der Waals surface area contributed by atoms with Crippen LogP contribution in [0.5, 0.6) is 0 Å². The topological polar surface area (TPSA) is 55.4 Å². The maximum atomic E-state index is 12.6. The van der Waals surface area contributed by atoms with Crippen LogP contribution in [0, 0.1) is 0 Å². The summed E-state index contributed by atoms with van der Waals surface area (Å²) in [6, 6.07) is 10.1. The highest BCUT2D eigenvalue weighted by molar-refractivity contribution is 6.30. The van der Waals surface area contributed by atoms with E-state index in [1.165, 1.54) is 18.2 Å². The second-order valence-corrected chi connectivity index (χ2v) is 5.15. The zero-order chi connectivity index (χ0) is 17.7. The number of nitrogens with one attached hydrogen (secondary N) is 1. The minimum atomic E-state index is -4.51. The summed E-state index contributed by atoms with van der Waals surface area (Å²) in [4.78, 5) is 23.4. The molecule has 1 amide bonds. The maximum absolute atomic E-state index is 12.6. The van der Waals surface area contributed by atoms with Crippen LogP contribution in [0.1, 0.15) is 15.9 Å². The lowest BCUT2D eigenvalue weighted by atomic mass is 10.2. The Morgan fingerprint density at radius 1 is 1.08 bits per heavy atom. The largest absolute Gasteiger partial charge is 0.452 e. The first-order valence-electron chi connectivity index (χ1n) is 6.65. The summed E-state index contributed by atoms with van der Waals surface area (Å²) >= 11 is 5.73. The molecule has 0 atom stereocenters. The van der Waals surface area contributed by atoms with E-state index in [1.54, 1.807) is 12.1 Å². The van der Waals surface area contributed by atoms with E-state index >= 15 is 0 Å². The Morgan fingerprint density at radius 3 is 2.46 bits per heavy atom. The first kappa shape index (κ1) is 17.8. The first-order chi connectivity index (χ1) is 11.3. The third-order valence-electron chi connectivity index (χ3n) is 2.87. The number of hydrogen-bond acceptors (Lipinski definition) is 3. The molecule has 126 valence electrons. The number of carbonyl (C=O) groups is 2. The number of amides is 1. The predicted molar refractivity (Wildman–Crippen MR) is 81.8 cm³/mol. The third kappa shape index (κ3) is 4.99. The van der Waals surface area contributed by atoms with Gasteiger partial charge < -0.3 is 10.1 Å². The molecule has 0 bridgehead atoms. The summed E-state index contributed by atoms with van der Waals surface area (Å²) in [5, 5.41) is 2.56. The number of benzene rings is 2. The SMILES string of the molecule is O=C(COC(=O)c1cccc(Cl)c1)Nc1cccc(C(F)(F)F)c1. The van der Waals surface area contributed by atoms with Crippen molar-refractivity contribution in [3.63, 3.8) is 0 Å². The van der Waals surface area contributed by atoms with Gasteiger partial charge in [-0.1, -0.05) is 23.7 Å². The molecule has 0 saturated carbocycles. The normalized spacial score (nSPS) is 11.0. The molecule has 0 fully saturated rings. The van der Waals surface area contributed by atoms with Gasteiger partial charge in [-0.2, -0.15) is 13.2 Å². The summed E-state index contributed by atoms with van der Waals surface area (Å²) in [6.45, 7) is -0.637. The maximum Gasteiger partial charge on any atom is 0.416 e.